The third kappa shape index (κ3) is 2.13. The Morgan fingerprint density at radius 2 is 2.07 bits per heavy atom. The highest BCUT2D eigenvalue weighted by Crippen LogP contribution is 2.32. The fourth-order valence-electron chi connectivity index (χ4n) is 1.46. The van der Waals surface area contributed by atoms with Crippen molar-refractivity contribution < 1.29 is 0 Å². The van der Waals surface area contributed by atoms with Crippen LogP contribution in [0.5, 0.6) is 0 Å². The van der Waals surface area contributed by atoms with Gasteiger partial charge >= 0.3 is 0 Å². The lowest BCUT2D eigenvalue weighted by Gasteiger charge is -2.18. The Balaban J connectivity index is 2.27. The van der Waals surface area contributed by atoms with Gasteiger partial charge in [0.2, 0.25) is 0 Å². The van der Waals surface area contributed by atoms with Crippen molar-refractivity contribution in [3.8, 4) is 0 Å². The Bertz CT molecular complexity index is 332. The molecule has 76 valence electrons. The summed E-state index contributed by atoms with van der Waals surface area (Å²) in [5.74, 6) is 0. The van der Waals surface area contributed by atoms with Crippen molar-refractivity contribution in [2.75, 3.05) is 24.3 Å². The van der Waals surface area contributed by atoms with Crippen LogP contribution in [0, 0.1) is 0 Å². The van der Waals surface area contributed by atoms with Gasteiger partial charge in [0.05, 0.1) is 11.4 Å². The number of halogens is 1. The van der Waals surface area contributed by atoms with Crippen LogP contribution in [-0.4, -0.2) is 20.1 Å². The van der Waals surface area contributed by atoms with Crippen LogP contribution < -0.4 is 10.2 Å². The molecule has 0 spiro atoms. The van der Waals surface area contributed by atoms with E-state index >= 15 is 0 Å². The van der Waals surface area contributed by atoms with Gasteiger partial charge < -0.3 is 10.2 Å². The number of benzene rings is 1. The molecule has 0 radical (unpaired) electrons. The van der Waals surface area contributed by atoms with Gasteiger partial charge in [-0.15, -0.1) is 0 Å². The maximum Gasteiger partial charge on any atom is 0.0597 e. The van der Waals surface area contributed by atoms with E-state index in [9.17, 15) is 0 Å². The topological polar surface area (TPSA) is 15.3 Å². The summed E-state index contributed by atoms with van der Waals surface area (Å²) in [7, 11) is 4.09. The predicted octanol–water partition coefficient (Wildman–Crippen LogP) is 2.98. The molecule has 0 saturated heterocycles. The van der Waals surface area contributed by atoms with Crippen molar-refractivity contribution in [2.24, 2.45) is 0 Å². The lowest BCUT2D eigenvalue weighted by atomic mass is 10.2. The second-order valence-electron chi connectivity index (χ2n) is 3.97. The van der Waals surface area contributed by atoms with Gasteiger partial charge in [0.15, 0.2) is 0 Å². The number of hydrogen-bond acceptors (Lipinski definition) is 2. The molecule has 0 amide bonds. The van der Waals surface area contributed by atoms with E-state index in [4.69, 9.17) is 11.6 Å². The zero-order valence-corrected chi connectivity index (χ0v) is 9.30. The van der Waals surface area contributed by atoms with Crippen LogP contribution in [-0.2, 0) is 0 Å². The Morgan fingerprint density at radius 3 is 2.64 bits per heavy atom. The second-order valence-corrected chi connectivity index (χ2v) is 4.41. The van der Waals surface area contributed by atoms with Crippen LogP contribution in [0.4, 0.5) is 11.4 Å². The Hall–Kier alpha value is -0.890. The number of anilines is 2. The van der Waals surface area contributed by atoms with Crippen molar-refractivity contribution in [2.45, 2.75) is 18.9 Å². The number of nitrogens with zero attached hydrogens (tertiary/aromatic N) is 1. The number of rotatable bonds is 3. The van der Waals surface area contributed by atoms with Crippen LogP contribution >= 0.6 is 11.6 Å². The summed E-state index contributed by atoms with van der Waals surface area (Å²) in [5, 5.41) is 4.27. The number of hydrogen-bond donors (Lipinski definition) is 1. The zero-order chi connectivity index (χ0) is 10.1. The van der Waals surface area contributed by atoms with E-state index < -0.39 is 0 Å². The van der Waals surface area contributed by atoms with Gasteiger partial charge in [0.1, 0.15) is 0 Å². The molecule has 0 aromatic heterocycles. The third-order valence-corrected chi connectivity index (χ3v) is 2.61. The van der Waals surface area contributed by atoms with Gasteiger partial charge in [0, 0.05) is 25.2 Å². The largest absolute Gasteiger partial charge is 0.381 e. The molecule has 1 aromatic rings. The van der Waals surface area contributed by atoms with Gasteiger partial charge in [-0.2, -0.15) is 0 Å². The molecule has 2 nitrogen and oxygen atoms in total. The van der Waals surface area contributed by atoms with Crippen LogP contribution in [0.15, 0.2) is 18.2 Å². The van der Waals surface area contributed by atoms with E-state index in [0.29, 0.717) is 6.04 Å². The fraction of sp³-hybridized carbons (Fsp3) is 0.455. The van der Waals surface area contributed by atoms with Crippen molar-refractivity contribution in [1.82, 2.24) is 0 Å². The SMILES string of the molecule is CN(C)c1ccc(Cl)cc1NC1CC1. The minimum absolute atomic E-state index is 0.659. The smallest absolute Gasteiger partial charge is 0.0597 e. The van der Waals surface area contributed by atoms with Gasteiger partial charge in [-0.3, -0.25) is 0 Å². The van der Waals surface area contributed by atoms with Crippen molar-refractivity contribution in [1.29, 1.82) is 0 Å². The maximum absolute atomic E-state index is 5.97. The first-order chi connectivity index (χ1) is 6.66. The van der Waals surface area contributed by atoms with Crippen LogP contribution in [0.2, 0.25) is 5.02 Å². The summed E-state index contributed by atoms with van der Waals surface area (Å²) in [6, 6.07) is 6.63. The van der Waals surface area contributed by atoms with E-state index in [1.807, 2.05) is 32.3 Å². The average molecular weight is 211 g/mol. The lowest BCUT2D eigenvalue weighted by molar-refractivity contribution is 1.10. The molecule has 0 unspecified atom stereocenters. The van der Waals surface area contributed by atoms with E-state index in [0.717, 1.165) is 10.7 Å². The summed E-state index contributed by atoms with van der Waals surface area (Å²) >= 11 is 5.97. The molecular weight excluding hydrogens is 196 g/mol. The molecule has 1 aliphatic carbocycles. The lowest BCUT2D eigenvalue weighted by Crippen LogP contribution is -2.12. The van der Waals surface area contributed by atoms with Crippen LogP contribution in [0.25, 0.3) is 0 Å². The fourth-order valence-corrected chi connectivity index (χ4v) is 1.63. The average Bonchev–Trinajstić information content (AvgIpc) is 2.87. The molecule has 0 bridgehead atoms. The summed E-state index contributed by atoms with van der Waals surface area (Å²) in [4.78, 5) is 2.10. The molecule has 1 saturated carbocycles. The quantitative estimate of drug-likeness (QED) is 0.825. The first kappa shape index (κ1) is 9.66. The highest BCUT2D eigenvalue weighted by Gasteiger charge is 2.22. The third-order valence-electron chi connectivity index (χ3n) is 2.38. The molecule has 0 heterocycles. The molecule has 3 heteroatoms. The molecule has 1 aromatic carbocycles. The Labute approximate surface area is 89.9 Å². The first-order valence-corrected chi connectivity index (χ1v) is 5.28. The highest BCUT2D eigenvalue weighted by atomic mass is 35.5. The maximum atomic E-state index is 5.97. The molecule has 14 heavy (non-hydrogen) atoms. The molecule has 2 rings (SSSR count). The first-order valence-electron chi connectivity index (χ1n) is 4.90. The molecule has 1 N–H and O–H groups in total. The molecular formula is C11H15ClN2. The summed E-state index contributed by atoms with van der Waals surface area (Å²) in [5.41, 5.74) is 2.34. The Morgan fingerprint density at radius 1 is 1.36 bits per heavy atom. The molecule has 1 aliphatic rings. The van der Waals surface area contributed by atoms with Crippen molar-refractivity contribution in [3.05, 3.63) is 23.2 Å². The Kier molecular flexibility index (Phi) is 2.55. The van der Waals surface area contributed by atoms with Gasteiger partial charge in [-0.05, 0) is 31.0 Å². The summed E-state index contributed by atoms with van der Waals surface area (Å²) in [6.07, 6.45) is 2.55. The monoisotopic (exact) mass is 210 g/mol. The van der Waals surface area contributed by atoms with Gasteiger partial charge in [-0.25, -0.2) is 0 Å². The normalized spacial score (nSPS) is 15.4. The minimum Gasteiger partial charge on any atom is -0.381 e. The van der Waals surface area contributed by atoms with E-state index in [1.165, 1.54) is 18.5 Å². The predicted molar refractivity (Wildman–Crippen MR) is 62.4 cm³/mol. The number of nitrogens with one attached hydrogen (secondary N) is 1. The van der Waals surface area contributed by atoms with Crippen molar-refractivity contribution >= 4 is 23.0 Å². The van der Waals surface area contributed by atoms with E-state index in [2.05, 4.69) is 10.2 Å². The van der Waals surface area contributed by atoms with Crippen LogP contribution in [0.1, 0.15) is 12.8 Å². The van der Waals surface area contributed by atoms with Crippen molar-refractivity contribution in [3.63, 3.8) is 0 Å². The summed E-state index contributed by atoms with van der Waals surface area (Å²) in [6.45, 7) is 0. The standard InChI is InChI=1S/C11H15ClN2/c1-14(2)11-6-3-8(12)7-10(11)13-9-4-5-9/h3,6-7,9,13H,4-5H2,1-2H3. The molecule has 0 aliphatic heterocycles. The zero-order valence-electron chi connectivity index (χ0n) is 8.55. The van der Waals surface area contributed by atoms with Crippen LogP contribution in [0.3, 0.4) is 0 Å². The minimum atomic E-state index is 0.659. The molecule has 0 atom stereocenters. The second kappa shape index (κ2) is 3.70. The van der Waals surface area contributed by atoms with Gasteiger partial charge in [-0.1, -0.05) is 11.6 Å². The van der Waals surface area contributed by atoms with E-state index in [1.54, 1.807) is 0 Å². The summed E-state index contributed by atoms with van der Waals surface area (Å²) < 4.78 is 0. The highest BCUT2D eigenvalue weighted by molar-refractivity contribution is 6.31. The van der Waals surface area contributed by atoms with E-state index in [-0.39, 0.29) is 0 Å². The van der Waals surface area contributed by atoms with Gasteiger partial charge in [0.25, 0.3) is 0 Å². The molecule has 1 fully saturated rings.